The fraction of sp³-hybridized carbons (Fsp3) is 0.480. The van der Waals surface area contributed by atoms with Gasteiger partial charge in [0, 0.05) is 19.1 Å². The summed E-state index contributed by atoms with van der Waals surface area (Å²) in [4.78, 5) is 14.3. The average molecular weight is 443 g/mol. The van der Waals surface area contributed by atoms with Gasteiger partial charge in [-0.2, -0.15) is 0 Å². The number of nitrogens with one attached hydrogen (secondary N) is 1. The minimum absolute atomic E-state index is 0.135. The molecule has 0 aromatic heterocycles. The number of nitrogens with zero attached hydrogens (tertiary/aromatic N) is 1. The molecule has 2 N–H and O–H groups in total. The molecule has 1 saturated heterocycles. The smallest absolute Gasteiger partial charge is 0.338 e. The first-order chi connectivity index (χ1) is 15.6. The molecule has 0 unspecified atom stereocenters. The minimum atomic E-state index is -0.670. The Morgan fingerprint density at radius 3 is 2.53 bits per heavy atom. The lowest BCUT2D eigenvalue weighted by molar-refractivity contribution is 0.0525. The van der Waals surface area contributed by atoms with Crippen molar-refractivity contribution in [3.05, 3.63) is 59.7 Å². The largest absolute Gasteiger partial charge is 0.497 e. The van der Waals surface area contributed by atoms with Crippen molar-refractivity contribution in [2.24, 2.45) is 0 Å². The van der Waals surface area contributed by atoms with Crippen LogP contribution in [0.2, 0.25) is 0 Å². The van der Waals surface area contributed by atoms with Gasteiger partial charge in [0.25, 0.3) is 0 Å². The molecule has 2 aromatic carbocycles. The lowest BCUT2D eigenvalue weighted by Gasteiger charge is -2.29. The first-order valence-electron chi connectivity index (χ1n) is 11.3. The van der Waals surface area contributed by atoms with E-state index in [1.807, 2.05) is 12.1 Å². The van der Waals surface area contributed by atoms with Gasteiger partial charge >= 0.3 is 5.97 Å². The fourth-order valence-electron chi connectivity index (χ4n) is 3.90. The summed E-state index contributed by atoms with van der Waals surface area (Å²) in [5.74, 6) is 0.996. The predicted octanol–water partition coefficient (Wildman–Crippen LogP) is 3.04. The predicted molar refractivity (Wildman–Crippen MR) is 123 cm³/mol. The molecule has 7 nitrogen and oxygen atoms in total. The van der Waals surface area contributed by atoms with Gasteiger partial charge in [-0.3, -0.25) is 4.90 Å². The summed E-state index contributed by atoms with van der Waals surface area (Å²) in [5.41, 5.74) is 1.67. The third-order valence-electron chi connectivity index (χ3n) is 5.59. The molecule has 174 valence electrons. The SMILES string of the molecule is CCOC(=O)c1cccc(OC[C@H](O)CNC[C@H](c2ccc(OC)cc2)N2CCCC2)c1. The molecule has 0 bridgehead atoms. The maximum Gasteiger partial charge on any atom is 0.338 e. The first-order valence-corrected chi connectivity index (χ1v) is 11.3. The highest BCUT2D eigenvalue weighted by Gasteiger charge is 2.23. The topological polar surface area (TPSA) is 80.3 Å². The monoisotopic (exact) mass is 442 g/mol. The van der Waals surface area contributed by atoms with E-state index < -0.39 is 6.10 Å². The Morgan fingerprint density at radius 1 is 1.09 bits per heavy atom. The van der Waals surface area contributed by atoms with Gasteiger partial charge < -0.3 is 24.6 Å². The maximum absolute atomic E-state index is 11.9. The lowest BCUT2D eigenvalue weighted by Crippen LogP contribution is -2.38. The summed E-state index contributed by atoms with van der Waals surface area (Å²) < 4.78 is 16.0. The highest BCUT2D eigenvalue weighted by molar-refractivity contribution is 5.89. The fourth-order valence-corrected chi connectivity index (χ4v) is 3.90. The molecule has 1 aliphatic heterocycles. The standard InChI is InChI=1S/C25H34N2O5/c1-3-31-25(29)20-7-6-8-23(15-20)32-18-21(28)16-26-17-24(27-13-4-5-14-27)19-9-11-22(30-2)12-10-19/h6-12,15,21,24,26,28H,3-5,13-14,16-18H2,1-2H3/t21-,24-/m1/s1. The second kappa shape index (κ2) is 12.4. The van der Waals surface area contributed by atoms with Crippen LogP contribution < -0.4 is 14.8 Å². The third-order valence-corrected chi connectivity index (χ3v) is 5.59. The average Bonchev–Trinajstić information content (AvgIpc) is 3.35. The van der Waals surface area contributed by atoms with Crippen LogP contribution in [-0.2, 0) is 4.74 Å². The van der Waals surface area contributed by atoms with Crippen LogP contribution in [0.15, 0.2) is 48.5 Å². The van der Waals surface area contributed by atoms with Gasteiger partial charge in [0.1, 0.15) is 24.2 Å². The molecule has 0 saturated carbocycles. The van der Waals surface area contributed by atoms with Gasteiger partial charge in [-0.05, 0) is 68.8 Å². The van der Waals surface area contributed by atoms with Crippen molar-refractivity contribution in [2.75, 3.05) is 46.5 Å². The number of hydrogen-bond acceptors (Lipinski definition) is 7. The zero-order valence-corrected chi connectivity index (χ0v) is 19.0. The third kappa shape index (κ3) is 6.95. The van der Waals surface area contributed by atoms with Crippen LogP contribution in [0.5, 0.6) is 11.5 Å². The number of methoxy groups -OCH3 is 1. The molecule has 32 heavy (non-hydrogen) atoms. The molecule has 7 heteroatoms. The van der Waals surface area contributed by atoms with E-state index in [0.29, 0.717) is 24.5 Å². The summed E-state index contributed by atoms with van der Waals surface area (Å²) in [5, 5.41) is 13.8. The van der Waals surface area contributed by atoms with Gasteiger partial charge in [-0.1, -0.05) is 18.2 Å². The Balaban J connectivity index is 1.49. The van der Waals surface area contributed by atoms with Crippen molar-refractivity contribution in [1.82, 2.24) is 10.2 Å². The van der Waals surface area contributed by atoms with Gasteiger partial charge in [0.15, 0.2) is 0 Å². The van der Waals surface area contributed by atoms with Crippen molar-refractivity contribution < 1.29 is 24.1 Å². The highest BCUT2D eigenvalue weighted by Crippen LogP contribution is 2.26. The number of benzene rings is 2. The van der Waals surface area contributed by atoms with Gasteiger partial charge in [-0.15, -0.1) is 0 Å². The van der Waals surface area contributed by atoms with E-state index in [0.717, 1.165) is 25.4 Å². The van der Waals surface area contributed by atoms with Crippen LogP contribution in [0, 0.1) is 0 Å². The number of hydrogen-bond donors (Lipinski definition) is 2. The van der Waals surface area contributed by atoms with Crippen LogP contribution in [0.25, 0.3) is 0 Å². The summed E-state index contributed by atoms with van der Waals surface area (Å²) >= 11 is 0. The molecular formula is C25H34N2O5. The highest BCUT2D eigenvalue weighted by atomic mass is 16.5. The van der Waals surface area contributed by atoms with Gasteiger partial charge in [0.05, 0.1) is 19.3 Å². The summed E-state index contributed by atoms with van der Waals surface area (Å²) in [6.45, 7) is 5.55. The molecule has 0 radical (unpaired) electrons. The van der Waals surface area contributed by atoms with Crippen molar-refractivity contribution >= 4 is 5.97 Å². The molecule has 2 atom stereocenters. The van der Waals surface area contributed by atoms with E-state index in [1.54, 1.807) is 38.3 Å². The molecule has 0 aliphatic carbocycles. The second-order valence-corrected chi connectivity index (χ2v) is 7.90. The number of carbonyl (C=O) groups excluding carboxylic acids is 1. The normalized spacial score (nSPS) is 15.8. The molecule has 1 heterocycles. The minimum Gasteiger partial charge on any atom is -0.497 e. The van der Waals surface area contributed by atoms with Crippen molar-refractivity contribution in [3.8, 4) is 11.5 Å². The number of likely N-dealkylation sites (tertiary alicyclic amines) is 1. The quantitative estimate of drug-likeness (QED) is 0.489. The van der Waals surface area contributed by atoms with E-state index in [9.17, 15) is 9.90 Å². The van der Waals surface area contributed by atoms with Crippen LogP contribution >= 0.6 is 0 Å². The van der Waals surface area contributed by atoms with Crippen molar-refractivity contribution in [3.63, 3.8) is 0 Å². The van der Waals surface area contributed by atoms with E-state index in [1.165, 1.54) is 18.4 Å². The van der Waals surface area contributed by atoms with Crippen LogP contribution in [0.3, 0.4) is 0 Å². The molecule has 0 amide bonds. The van der Waals surface area contributed by atoms with Gasteiger partial charge in [0.2, 0.25) is 0 Å². The number of esters is 1. The van der Waals surface area contributed by atoms with Crippen molar-refractivity contribution in [2.45, 2.75) is 31.9 Å². The zero-order chi connectivity index (χ0) is 22.8. The molecule has 1 aliphatic rings. The molecule has 3 rings (SSSR count). The molecule has 1 fully saturated rings. The maximum atomic E-state index is 11.9. The van der Waals surface area contributed by atoms with E-state index in [-0.39, 0.29) is 18.6 Å². The second-order valence-electron chi connectivity index (χ2n) is 7.90. The molecule has 2 aromatic rings. The summed E-state index contributed by atoms with van der Waals surface area (Å²) in [6, 6.07) is 15.3. The van der Waals surface area contributed by atoms with Crippen LogP contribution in [-0.4, -0.2) is 68.6 Å². The number of carbonyl (C=O) groups is 1. The Hall–Kier alpha value is -2.61. The Bertz CT molecular complexity index is 836. The Labute approximate surface area is 190 Å². The number of aliphatic hydroxyl groups is 1. The zero-order valence-electron chi connectivity index (χ0n) is 19.0. The number of rotatable bonds is 12. The van der Waals surface area contributed by atoms with E-state index in [4.69, 9.17) is 14.2 Å². The molecule has 0 spiro atoms. The first kappa shape index (κ1) is 24.0. The van der Waals surface area contributed by atoms with Crippen LogP contribution in [0.4, 0.5) is 0 Å². The lowest BCUT2D eigenvalue weighted by atomic mass is 10.1. The summed E-state index contributed by atoms with van der Waals surface area (Å²) in [7, 11) is 1.67. The van der Waals surface area contributed by atoms with Crippen LogP contribution in [0.1, 0.15) is 41.7 Å². The molecular weight excluding hydrogens is 408 g/mol. The summed E-state index contributed by atoms with van der Waals surface area (Å²) in [6.07, 6.45) is 1.76. The van der Waals surface area contributed by atoms with Crippen molar-refractivity contribution in [1.29, 1.82) is 0 Å². The Kier molecular flexibility index (Phi) is 9.34. The van der Waals surface area contributed by atoms with E-state index in [2.05, 4.69) is 22.3 Å². The van der Waals surface area contributed by atoms with Gasteiger partial charge in [-0.25, -0.2) is 4.79 Å². The number of aliphatic hydroxyl groups excluding tert-OH is 1. The van der Waals surface area contributed by atoms with E-state index >= 15 is 0 Å². The number of ether oxygens (including phenoxy) is 3. The Morgan fingerprint density at radius 2 is 1.84 bits per heavy atom.